The van der Waals surface area contributed by atoms with Gasteiger partial charge >= 0.3 is 6.18 Å². The van der Waals surface area contributed by atoms with Crippen molar-refractivity contribution in [2.24, 2.45) is 5.41 Å². The first-order valence-electron chi connectivity index (χ1n) is 4.84. The molecule has 0 aromatic carbocycles. The fourth-order valence-electron chi connectivity index (χ4n) is 1.59. The largest absolute Gasteiger partial charge is 0.394 e. The zero-order chi connectivity index (χ0) is 10.8. The Hall–Kier alpha value is -0.290. The van der Waals surface area contributed by atoms with Crippen molar-refractivity contribution in [2.75, 3.05) is 19.6 Å². The normalized spacial score (nSPS) is 25.1. The lowest BCUT2D eigenvalue weighted by Crippen LogP contribution is -2.51. The van der Waals surface area contributed by atoms with Crippen molar-refractivity contribution in [3.05, 3.63) is 0 Å². The third-order valence-corrected chi connectivity index (χ3v) is 2.65. The first-order valence-corrected chi connectivity index (χ1v) is 4.84. The summed E-state index contributed by atoms with van der Waals surface area (Å²) in [5.74, 6) is 0. The summed E-state index contributed by atoms with van der Waals surface area (Å²) in [5.41, 5.74) is -1.61. The first-order chi connectivity index (χ1) is 6.33. The molecule has 0 bridgehead atoms. The van der Waals surface area contributed by atoms with E-state index in [0.29, 0.717) is 6.54 Å². The highest BCUT2D eigenvalue weighted by Crippen LogP contribution is 2.41. The van der Waals surface area contributed by atoms with Crippen molar-refractivity contribution < 1.29 is 13.2 Å². The Bertz CT molecular complexity index is 183. The average molecular weight is 210 g/mol. The quantitative estimate of drug-likeness (QED) is 0.722. The average Bonchev–Trinajstić information content (AvgIpc) is 2.03. The molecule has 0 saturated carbocycles. The lowest BCUT2D eigenvalue weighted by molar-refractivity contribution is -0.215. The van der Waals surface area contributed by atoms with Gasteiger partial charge in [0.1, 0.15) is 0 Å². The molecule has 2 N–H and O–H groups in total. The van der Waals surface area contributed by atoms with Crippen LogP contribution < -0.4 is 10.6 Å². The molecule has 84 valence electrons. The van der Waals surface area contributed by atoms with Gasteiger partial charge in [0.05, 0.1) is 5.41 Å². The van der Waals surface area contributed by atoms with Crippen LogP contribution in [0.4, 0.5) is 13.2 Å². The standard InChI is InChI=1S/C9H17F3N2/c1-8(2,9(10,11)12)5-7-6-13-3-4-14-7/h7,13-14H,3-6H2,1-2H3. The third kappa shape index (κ3) is 2.85. The monoisotopic (exact) mass is 210 g/mol. The summed E-state index contributed by atoms with van der Waals surface area (Å²) in [6, 6.07) is -0.0691. The van der Waals surface area contributed by atoms with E-state index in [2.05, 4.69) is 10.6 Å². The summed E-state index contributed by atoms with van der Waals surface area (Å²) in [7, 11) is 0. The zero-order valence-corrected chi connectivity index (χ0v) is 8.54. The number of alkyl halides is 3. The number of halogens is 3. The third-order valence-electron chi connectivity index (χ3n) is 2.65. The van der Waals surface area contributed by atoms with Crippen LogP contribution in [0.25, 0.3) is 0 Å². The lowest BCUT2D eigenvalue weighted by Gasteiger charge is -2.34. The highest BCUT2D eigenvalue weighted by Gasteiger charge is 2.48. The van der Waals surface area contributed by atoms with Gasteiger partial charge in [-0.2, -0.15) is 13.2 Å². The van der Waals surface area contributed by atoms with Gasteiger partial charge in [-0.15, -0.1) is 0 Å². The van der Waals surface area contributed by atoms with E-state index in [1.807, 2.05) is 0 Å². The van der Waals surface area contributed by atoms with E-state index in [9.17, 15) is 13.2 Å². The van der Waals surface area contributed by atoms with E-state index in [-0.39, 0.29) is 12.5 Å². The van der Waals surface area contributed by atoms with E-state index in [1.165, 1.54) is 13.8 Å². The van der Waals surface area contributed by atoms with Gasteiger partial charge < -0.3 is 10.6 Å². The highest BCUT2D eigenvalue weighted by atomic mass is 19.4. The van der Waals surface area contributed by atoms with Gasteiger partial charge in [-0.3, -0.25) is 0 Å². The van der Waals surface area contributed by atoms with Gasteiger partial charge in [0.15, 0.2) is 0 Å². The van der Waals surface area contributed by atoms with Crippen LogP contribution in [0.5, 0.6) is 0 Å². The maximum Gasteiger partial charge on any atom is 0.394 e. The summed E-state index contributed by atoms with van der Waals surface area (Å²) >= 11 is 0. The molecule has 0 aromatic rings. The maximum absolute atomic E-state index is 12.5. The Balaban J connectivity index is 2.49. The first kappa shape index (κ1) is 11.8. The molecule has 1 rings (SSSR count). The van der Waals surface area contributed by atoms with Crippen LogP contribution >= 0.6 is 0 Å². The molecular formula is C9H17F3N2. The Morgan fingerprint density at radius 2 is 1.86 bits per heavy atom. The Kier molecular flexibility index (Phi) is 3.42. The van der Waals surface area contributed by atoms with Gasteiger partial charge in [0, 0.05) is 25.7 Å². The van der Waals surface area contributed by atoms with Crippen LogP contribution in [-0.2, 0) is 0 Å². The molecule has 1 heterocycles. The Labute approximate surface area is 82.2 Å². The lowest BCUT2D eigenvalue weighted by atomic mass is 9.84. The summed E-state index contributed by atoms with van der Waals surface area (Å²) in [5, 5.41) is 6.16. The van der Waals surface area contributed by atoms with Crippen LogP contribution in [-0.4, -0.2) is 31.9 Å². The molecule has 0 amide bonds. The summed E-state index contributed by atoms with van der Waals surface area (Å²) in [6.45, 7) is 4.72. The molecule has 0 aliphatic carbocycles. The van der Waals surface area contributed by atoms with E-state index in [4.69, 9.17) is 0 Å². The molecule has 1 atom stereocenters. The summed E-state index contributed by atoms with van der Waals surface area (Å²) in [4.78, 5) is 0. The topological polar surface area (TPSA) is 24.1 Å². The molecule has 2 nitrogen and oxygen atoms in total. The number of rotatable bonds is 2. The SMILES string of the molecule is CC(C)(CC1CNCCN1)C(F)(F)F. The summed E-state index contributed by atoms with van der Waals surface area (Å²) < 4.78 is 37.6. The van der Waals surface area contributed by atoms with E-state index in [1.54, 1.807) is 0 Å². The van der Waals surface area contributed by atoms with Gasteiger partial charge in [-0.05, 0) is 6.42 Å². The Morgan fingerprint density at radius 3 is 2.29 bits per heavy atom. The van der Waals surface area contributed by atoms with E-state index in [0.717, 1.165) is 13.1 Å². The molecule has 1 aliphatic rings. The number of nitrogens with one attached hydrogen (secondary N) is 2. The van der Waals surface area contributed by atoms with E-state index < -0.39 is 11.6 Å². The zero-order valence-electron chi connectivity index (χ0n) is 8.54. The van der Waals surface area contributed by atoms with E-state index >= 15 is 0 Å². The molecule has 14 heavy (non-hydrogen) atoms. The van der Waals surface area contributed by atoms with Crippen molar-refractivity contribution in [3.8, 4) is 0 Å². The fourth-order valence-corrected chi connectivity index (χ4v) is 1.59. The predicted molar refractivity (Wildman–Crippen MR) is 49.1 cm³/mol. The van der Waals surface area contributed by atoms with Gasteiger partial charge in [-0.25, -0.2) is 0 Å². The fraction of sp³-hybridized carbons (Fsp3) is 1.00. The van der Waals surface area contributed by atoms with Crippen LogP contribution in [0.15, 0.2) is 0 Å². The number of hydrogen-bond donors (Lipinski definition) is 2. The second-order valence-corrected chi connectivity index (χ2v) is 4.44. The van der Waals surface area contributed by atoms with Crippen LogP contribution in [0, 0.1) is 5.41 Å². The molecule has 1 saturated heterocycles. The highest BCUT2D eigenvalue weighted by molar-refractivity contribution is 4.86. The maximum atomic E-state index is 12.5. The van der Waals surface area contributed by atoms with Gasteiger partial charge in [0.25, 0.3) is 0 Å². The van der Waals surface area contributed by atoms with Crippen molar-refractivity contribution in [1.29, 1.82) is 0 Å². The summed E-state index contributed by atoms with van der Waals surface area (Å²) in [6.07, 6.45) is -3.99. The number of piperazine rings is 1. The second-order valence-electron chi connectivity index (χ2n) is 4.44. The van der Waals surface area contributed by atoms with Crippen molar-refractivity contribution >= 4 is 0 Å². The predicted octanol–water partition coefficient (Wildman–Crippen LogP) is 1.53. The molecule has 0 spiro atoms. The molecule has 1 fully saturated rings. The van der Waals surface area contributed by atoms with Crippen molar-refractivity contribution in [1.82, 2.24) is 10.6 Å². The molecule has 1 unspecified atom stereocenters. The van der Waals surface area contributed by atoms with Crippen LogP contribution in [0.3, 0.4) is 0 Å². The van der Waals surface area contributed by atoms with Crippen molar-refractivity contribution in [3.63, 3.8) is 0 Å². The number of hydrogen-bond acceptors (Lipinski definition) is 2. The van der Waals surface area contributed by atoms with Crippen LogP contribution in [0.2, 0.25) is 0 Å². The minimum atomic E-state index is -4.12. The molecular weight excluding hydrogens is 193 g/mol. The van der Waals surface area contributed by atoms with Gasteiger partial charge in [0.2, 0.25) is 0 Å². The minimum Gasteiger partial charge on any atom is -0.314 e. The molecule has 0 radical (unpaired) electrons. The molecule has 0 aromatic heterocycles. The van der Waals surface area contributed by atoms with Gasteiger partial charge in [-0.1, -0.05) is 13.8 Å². The minimum absolute atomic E-state index is 0.0691. The Morgan fingerprint density at radius 1 is 1.21 bits per heavy atom. The van der Waals surface area contributed by atoms with Crippen LogP contribution in [0.1, 0.15) is 20.3 Å². The molecule has 1 aliphatic heterocycles. The molecule has 5 heteroatoms. The smallest absolute Gasteiger partial charge is 0.314 e. The van der Waals surface area contributed by atoms with Crippen molar-refractivity contribution in [2.45, 2.75) is 32.5 Å². The second kappa shape index (κ2) is 4.06.